The van der Waals surface area contributed by atoms with E-state index in [2.05, 4.69) is 12.2 Å². The number of amides is 1. The SMILES string of the molecule is CCCC(CCCC(=O)c1ccc(Cl)cc1)CN=Cc1c(N)ccc(C(=O)NCCOCC2CC2)c1C. The van der Waals surface area contributed by atoms with Gasteiger partial charge in [-0.15, -0.1) is 0 Å². The molecule has 1 aliphatic carbocycles. The maximum absolute atomic E-state index is 12.7. The van der Waals surface area contributed by atoms with E-state index >= 15 is 0 Å². The van der Waals surface area contributed by atoms with Gasteiger partial charge in [0.1, 0.15) is 0 Å². The largest absolute Gasteiger partial charge is 0.398 e. The van der Waals surface area contributed by atoms with Gasteiger partial charge in [0.15, 0.2) is 5.78 Å². The van der Waals surface area contributed by atoms with Gasteiger partial charge in [-0.3, -0.25) is 14.6 Å². The second kappa shape index (κ2) is 14.9. The summed E-state index contributed by atoms with van der Waals surface area (Å²) in [6.45, 7) is 6.53. The van der Waals surface area contributed by atoms with Crippen molar-refractivity contribution in [2.24, 2.45) is 16.8 Å². The first-order chi connectivity index (χ1) is 17.9. The molecule has 7 heteroatoms. The van der Waals surface area contributed by atoms with Crippen LogP contribution in [0.25, 0.3) is 0 Å². The summed E-state index contributed by atoms with van der Waals surface area (Å²) in [5.74, 6) is 1.12. The number of nitrogens with two attached hydrogens (primary N) is 1. The molecule has 0 spiro atoms. The number of hydrogen-bond donors (Lipinski definition) is 2. The molecule has 37 heavy (non-hydrogen) atoms. The lowest BCUT2D eigenvalue weighted by molar-refractivity contribution is 0.0905. The van der Waals surface area contributed by atoms with Crippen LogP contribution in [0.3, 0.4) is 0 Å². The van der Waals surface area contributed by atoms with Gasteiger partial charge in [-0.25, -0.2) is 0 Å². The van der Waals surface area contributed by atoms with Gasteiger partial charge < -0.3 is 15.8 Å². The molecule has 2 aromatic carbocycles. The van der Waals surface area contributed by atoms with Crippen LogP contribution in [-0.2, 0) is 4.74 Å². The van der Waals surface area contributed by atoms with Crippen LogP contribution in [0.1, 0.15) is 83.7 Å². The van der Waals surface area contributed by atoms with Crippen LogP contribution in [0.4, 0.5) is 5.69 Å². The minimum absolute atomic E-state index is 0.128. The number of nitrogens with zero attached hydrogens (tertiary/aromatic N) is 1. The highest BCUT2D eigenvalue weighted by molar-refractivity contribution is 6.30. The number of nitrogen functional groups attached to an aromatic ring is 1. The molecule has 0 bridgehead atoms. The Balaban J connectivity index is 1.50. The molecule has 0 radical (unpaired) electrons. The molecule has 1 amide bonds. The van der Waals surface area contributed by atoms with Crippen molar-refractivity contribution in [3.05, 3.63) is 63.7 Å². The van der Waals surface area contributed by atoms with Crippen LogP contribution in [0, 0.1) is 18.8 Å². The topological polar surface area (TPSA) is 93.8 Å². The quantitative estimate of drug-likeness (QED) is 0.117. The van der Waals surface area contributed by atoms with Crippen molar-refractivity contribution in [2.75, 3.05) is 32.0 Å². The van der Waals surface area contributed by atoms with Gasteiger partial charge in [-0.2, -0.15) is 0 Å². The molecule has 2 aromatic rings. The molecule has 1 aliphatic rings. The molecule has 200 valence electrons. The van der Waals surface area contributed by atoms with E-state index in [1.165, 1.54) is 12.8 Å². The molecule has 3 rings (SSSR count). The monoisotopic (exact) mass is 525 g/mol. The van der Waals surface area contributed by atoms with E-state index in [0.717, 1.165) is 43.4 Å². The van der Waals surface area contributed by atoms with Crippen LogP contribution < -0.4 is 11.1 Å². The Morgan fingerprint density at radius 2 is 1.95 bits per heavy atom. The minimum atomic E-state index is -0.128. The van der Waals surface area contributed by atoms with Gasteiger partial charge >= 0.3 is 0 Å². The average Bonchev–Trinajstić information content (AvgIpc) is 3.70. The maximum atomic E-state index is 12.7. The third-order valence-corrected chi connectivity index (χ3v) is 7.09. The third kappa shape index (κ3) is 9.60. The number of benzene rings is 2. The molecule has 0 aliphatic heterocycles. The zero-order chi connectivity index (χ0) is 26.6. The van der Waals surface area contributed by atoms with Crippen molar-refractivity contribution in [1.29, 1.82) is 0 Å². The number of hydrogen-bond acceptors (Lipinski definition) is 5. The molecule has 1 atom stereocenters. The van der Waals surface area contributed by atoms with Crippen LogP contribution in [-0.4, -0.2) is 44.2 Å². The Morgan fingerprint density at radius 3 is 2.65 bits per heavy atom. The van der Waals surface area contributed by atoms with E-state index in [4.69, 9.17) is 27.1 Å². The van der Waals surface area contributed by atoms with Gasteiger partial charge in [0, 0.05) is 59.7 Å². The van der Waals surface area contributed by atoms with Crippen molar-refractivity contribution in [1.82, 2.24) is 5.32 Å². The molecule has 1 fully saturated rings. The number of carbonyl (C=O) groups is 2. The zero-order valence-electron chi connectivity index (χ0n) is 22.1. The predicted molar refractivity (Wildman–Crippen MR) is 152 cm³/mol. The van der Waals surface area contributed by atoms with Crippen molar-refractivity contribution in [3.63, 3.8) is 0 Å². The van der Waals surface area contributed by atoms with Crippen molar-refractivity contribution in [3.8, 4) is 0 Å². The standard InChI is InChI=1S/C30H40ClN3O3/c1-3-5-22(6-4-7-29(35)24-10-12-25(31)13-11-24)18-33-19-27-21(2)26(14-15-28(27)32)30(36)34-16-17-37-20-23-8-9-23/h10-15,19,22-23H,3-9,16-18,20,32H2,1-2H3,(H,34,36). The highest BCUT2D eigenvalue weighted by Gasteiger charge is 2.21. The molecule has 1 saturated carbocycles. The first kappa shape index (κ1) is 28.9. The van der Waals surface area contributed by atoms with Crippen molar-refractivity contribution >= 4 is 35.2 Å². The third-order valence-electron chi connectivity index (χ3n) is 6.84. The molecule has 0 saturated heterocycles. The summed E-state index contributed by atoms with van der Waals surface area (Å²) in [5.41, 5.74) is 9.74. The number of nitrogens with one attached hydrogen (secondary N) is 1. The number of carbonyl (C=O) groups excluding carboxylic acids is 2. The van der Waals surface area contributed by atoms with Crippen molar-refractivity contribution < 1.29 is 14.3 Å². The Morgan fingerprint density at radius 1 is 1.19 bits per heavy atom. The number of Topliss-reactive ketones (excluding diaryl/α,β-unsaturated/α-hetero) is 1. The second-order valence-electron chi connectivity index (χ2n) is 9.99. The lowest BCUT2D eigenvalue weighted by atomic mass is 9.95. The molecular weight excluding hydrogens is 486 g/mol. The van der Waals surface area contributed by atoms with Crippen molar-refractivity contribution in [2.45, 2.75) is 58.8 Å². The lowest BCUT2D eigenvalue weighted by Gasteiger charge is -2.14. The fourth-order valence-electron chi connectivity index (χ4n) is 4.39. The summed E-state index contributed by atoms with van der Waals surface area (Å²) in [4.78, 5) is 29.9. The Labute approximate surface area is 226 Å². The van der Waals surface area contributed by atoms with Crippen LogP contribution in [0.2, 0.25) is 5.02 Å². The Bertz CT molecular complexity index is 1060. The number of aliphatic imine (C=N–C) groups is 1. The fourth-order valence-corrected chi connectivity index (χ4v) is 4.52. The summed E-state index contributed by atoms with van der Waals surface area (Å²) in [7, 11) is 0. The van der Waals surface area contributed by atoms with E-state index in [9.17, 15) is 9.59 Å². The summed E-state index contributed by atoms with van der Waals surface area (Å²) >= 11 is 5.92. The average molecular weight is 526 g/mol. The first-order valence-electron chi connectivity index (χ1n) is 13.4. The van der Waals surface area contributed by atoms with Crippen LogP contribution in [0.5, 0.6) is 0 Å². The summed E-state index contributed by atoms with van der Waals surface area (Å²) in [6, 6.07) is 10.6. The number of halogens is 1. The Kier molecular flexibility index (Phi) is 11.6. The van der Waals surface area contributed by atoms with Crippen LogP contribution in [0.15, 0.2) is 41.4 Å². The summed E-state index contributed by atoms with van der Waals surface area (Å²) < 4.78 is 5.60. The number of ketones is 1. The molecular formula is C30H40ClN3O3. The number of ether oxygens (including phenoxy) is 1. The summed E-state index contributed by atoms with van der Waals surface area (Å²) in [5, 5.41) is 3.57. The lowest BCUT2D eigenvalue weighted by Crippen LogP contribution is -2.28. The normalized spacial score (nSPS) is 14.1. The van der Waals surface area contributed by atoms with Gasteiger partial charge in [0.05, 0.1) is 6.61 Å². The van der Waals surface area contributed by atoms with E-state index in [0.29, 0.717) is 59.8 Å². The predicted octanol–water partition coefficient (Wildman–Crippen LogP) is 6.28. The van der Waals surface area contributed by atoms with E-state index in [-0.39, 0.29) is 11.7 Å². The molecule has 6 nitrogen and oxygen atoms in total. The van der Waals surface area contributed by atoms with Gasteiger partial charge in [-0.05, 0) is 92.8 Å². The Hall–Kier alpha value is -2.70. The van der Waals surface area contributed by atoms with Gasteiger partial charge in [0.2, 0.25) is 0 Å². The van der Waals surface area contributed by atoms with Gasteiger partial charge in [0.25, 0.3) is 5.91 Å². The second-order valence-corrected chi connectivity index (χ2v) is 10.4. The summed E-state index contributed by atoms with van der Waals surface area (Å²) in [6.07, 6.45) is 8.68. The van der Waals surface area contributed by atoms with Gasteiger partial charge in [-0.1, -0.05) is 24.9 Å². The molecule has 1 unspecified atom stereocenters. The smallest absolute Gasteiger partial charge is 0.251 e. The molecule has 0 heterocycles. The fraction of sp³-hybridized carbons (Fsp3) is 0.500. The molecule has 0 aromatic heterocycles. The highest BCUT2D eigenvalue weighted by Crippen LogP contribution is 2.28. The van der Waals surface area contributed by atoms with Crippen LogP contribution >= 0.6 is 11.6 Å². The van der Waals surface area contributed by atoms with E-state index in [1.807, 2.05) is 6.92 Å². The minimum Gasteiger partial charge on any atom is -0.398 e. The highest BCUT2D eigenvalue weighted by atomic mass is 35.5. The number of rotatable bonds is 16. The first-order valence-corrected chi connectivity index (χ1v) is 13.8. The van der Waals surface area contributed by atoms with E-state index in [1.54, 1.807) is 42.6 Å². The number of anilines is 1. The molecule has 3 N–H and O–H groups in total. The zero-order valence-corrected chi connectivity index (χ0v) is 22.9. The maximum Gasteiger partial charge on any atom is 0.251 e. The van der Waals surface area contributed by atoms with E-state index < -0.39 is 0 Å².